The van der Waals surface area contributed by atoms with Gasteiger partial charge < -0.3 is 4.74 Å². The number of carbonyl (C=O) groups excluding carboxylic acids is 2. The van der Waals surface area contributed by atoms with Crippen LogP contribution < -0.4 is 4.72 Å². The summed E-state index contributed by atoms with van der Waals surface area (Å²) >= 11 is 2.66. The molecule has 0 bridgehead atoms. The summed E-state index contributed by atoms with van der Waals surface area (Å²) in [5.41, 5.74) is 0.462. The summed E-state index contributed by atoms with van der Waals surface area (Å²) < 4.78 is 31.1. The highest BCUT2D eigenvalue weighted by Crippen LogP contribution is 2.16. The molecule has 0 saturated heterocycles. The van der Waals surface area contributed by atoms with E-state index in [0.29, 0.717) is 5.56 Å². The maximum Gasteiger partial charge on any atom is 0.307 e. The Labute approximate surface area is 154 Å². The van der Waals surface area contributed by atoms with E-state index < -0.39 is 16.0 Å². The van der Waals surface area contributed by atoms with Gasteiger partial charge in [0, 0.05) is 17.0 Å². The number of carbonyl (C=O) groups is 2. The van der Waals surface area contributed by atoms with Crippen LogP contribution in [0.4, 0.5) is 0 Å². The van der Waals surface area contributed by atoms with Gasteiger partial charge in [0.1, 0.15) is 4.21 Å². The number of nitrogens with one attached hydrogen (secondary N) is 1. The minimum atomic E-state index is -3.60. The Morgan fingerprint density at radius 2 is 1.92 bits per heavy atom. The highest BCUT2D eigenvalue weighted by molar-refractivity contribution is 7.98. The molecule has 0 fully saturated rings. The molecule has 2 aromatic rings. The van der Waals surface area contributed by atoms with Crippen molar-refractivity contribution in [2.75, 3.05) is 19.4 Å². The Balaban J connectivity index is 1.74. The fraction of sp³-hybridized carbons (Fsp3) is 0.250. The highest BCUT2D eigenvalue weighted by Gasteiger charge is 2.16. The molecule has 0 unspecified atom stereocenters. The Hall–Kier alpha value is -1.68. The van der Waals surface area contributed by atoms with Gasteiger partial charge in [0.15, 0.2) is 12.4 Å². The number of benzene rings is 1. The molecular weight excluding hydrogens is 382 g/mol. The SMILES string of the molecule is CSc1ccc(C(=O)COC(=O)CCNS(=O)(=O)c2cccs2)cc1. The Morgan fingerprint density at radius 1 is 1.20 bits per heavy atom. The van der Waals surface area contributed by atoms with Crippen molar-refractivity contribution in [2.24, 2.45) is 0 Å². The number of hydrogen-bond donors (Lipinski definition) is 1. The summed E-state index contributed by atoms with van der Waals surface area (Å²) in [5.74, 6) is -0.942. The van der Waals surface area contributed by atoms with E-state index in [9.17, 15) is 18.0 Å². The minimum Gasteiger partial charge on any atom is -0.457 e. The number of rotatable bonds is 9. The van der Waals surface area contributed by atoms with Crippen LogP contribution in [0.1, 0.15) is 16.8 Å². The molecule has 25 heavy (non-hydrogen) atoms. The lowest BCUT2D eigenvalue weighted by Gasteiger charge is -2.06. The van der Waals surface area contributed by atoms with Crippen LogP contribution in [0.25, 0.3) is 0 Å². The van der Waals surface area contributed by atoms with Gasteiger partial charge in [-0.1, -0.05) is 18.2 Å². The van der Waals surface area contributed by atoms with E-state index in [0.717, 1.165) is 16.2 Å². The standard InChI is InChI=1S/C16H17NO5S3/c1-23-13-6-4-12(5-7-13)14(18)11-22-15(19)8-9-17-25(20,21)16-3-2-10-24-16/h2-7,10,17H,8-9,11H2,1H3. The van der Waals surface area contributed by atoms with Crippen molar-refractivity contribution in [3.63, 3.8) is 0 Å². The number of ether oxygens (including phenoxy) is 1. The molecule has 0 aliphatic carbocycles. The molecule has 0 aliphatic rings. The number of hydrogen-bond acceptors (Lipinski definition) is 7. The molecule has 1 aromatic carbocycles. The predicted molar refractivity (Wildman–Crippen MR) is 97.6 cm³/mol. The van der Waals surface area contributed by atoms with E-state index in [-0.39, 0.29) is 29.6 Å². The largest absolute Gasteiger partial charge is 0.457 e. The molecule has 1 N–H and O–H groups in total. The predicted octanol–water partition coefficient (Wildman–Crippen LogP) is 2.56. The van der Waals surface area contributed by atoms with Gasteiger partial charge in [0.05, 0.1) is 6.42 Å². The molecule has 0 aliphatic heterocycles. The van der Waals surface area contributed by atoms with Gasteiger partial charge in [-0.15, -0.1) is 23.1 Å². The first-order valence-corrected chi connectivity index (χ1v) is 10.9. The second kappa shape index (κ2) is 9.14. The monoisotopic (exact) mass is 399 g/mol. The molecule has 1 aromatic heterocycles. The Morgan fingerprint density at radius 3 is 2.52 bits per heavy atom. The summed E-state index contributed by atoms with van der Waals surface area (Å²) in [6.45, 7) is -0.454. The van der Waals surface area contributed by atoms with Crippen molar-refractivity contribution >= 4 is 44.9 Å². The van der Waals surface area contributed by atoms with Gasteiger partial charge in [-0.05, 0) is 29.8 Å². The smallest absolute Gasteiger partial charge is 0.307 e. The first-order chi connectivity index (χ1) is 11.9. The van der Waals surface area contributed by atoms with Gasteiger partial charge in [0.2, 0.25) is 10.0 Å². The van der Waals surface area contributed by atoms with Gasteiger partial charge in [-0.2, -0.15) is 0 Å². The lowest BCUT2D eigenvalue weighted by atomic mass is 10.1. The van der Waals surface area contributed by atoms with Crippen molar-refractivity contribution in [1.29, 1.82) is 0 Å². The number of thioether (sulfide) groups is 1. The highest BCUT2D eigenvalue weighted by atomic mass is 32.2. The number of sulfonamides is 1. The number of Topliss-reactive ketones (excluding diaryl/α,β-unsaturated/α-hetero) is 1. The maximum absolute atomic E-state index is 11.9. The van der Waals surface area contributed by atoms with Gasteiger partial charge in [0.25, 0.3) is 0 Å². The van der Waals surface area contributed by atoms with Gasteiger partial charge in [-0.25, -0.2) is 13.1 Å². The van der Waals surface area contributed by atoms with Crippen LogP contribution in [0.5, 0.6) is 0 Å². The average molecular weight is 400 g/mol. The third kappa shape index (κ3) is 5.96. The lowest BCUT2D eigenvalue weighted by Crippen LogP contribution is -2.26. The second-order valence-electron chi connectivity index (χ2n) is 4.89. The minimum absolute atomic E-state index is 0.0876. The van der Waals surface area contributed by atoms with E-state index in [1.807, 2.05) is 18.4 Å². The fourth-order valence-corrected chi connectivity index (χ4v) is 4.33. The third-order valence-electron chi connectivity index (χ3n) is 3.16. The molecule has 6 nitrogen and oxygen atoms in total. The van der Waals surface area contributed by atoms with Crippen LogP contribution in [0.3, 0.4) is 0 Å². The zero-order valence-electron chi connectivity index (χ0n) is 13.4. The molecule has 0 spiro atoms. The van der Waals surface area contributed by atoms with Crippen LogP contribution in [0, 0.1) is 0 Å². The zero-order valence-corrected chi connectivity index (χ0v) is 15.9. The van der Waals surface area contributed by atoms with Crippen LogP contribution in [0.2, 0.25) is 0 Å². The Kier molecular flexibility index (Phi) is 7.18. The van der Waals surface area contributed by atoms with Gasteiger partial charge in [-0.3, -0.25) is 9.59 Å². The molecule has 134 valence electrons. The molecule has 0 amide bonds. The van der Waals surface area contributed by atoms with Crippen molar-refractivity contribution in [2.45, 2.75) is 15.5 Å². The van der Waals surface area contributed by atoms with Crippen LogP contribution in [-0.4, -0.2) is 39.6 Å². The molecule has 2 rings (SSSR count). The summed E-state index contributed by atoms with van der Waals surface area (Å²) in [7, 11) is -3.60. The summed E-state index contributed by atoms with van der Waals surface area (Å²) in [6.07, 6.45) is 1.79. The maximum atomic E-state index is 11.9. The van der Waals surface area contributed by atoms with Gasteiger partial charge >= 0.3 is 5.97 Å². The number of esters is 1. The lowest BCUT2D eigenvalue weighted by molar-refractivity contribution is -0.142. The van der Waals surface area contributed by atoms with Crippen LogP contribution >= 0.6 is 23.1 Å². The molecule has 0 atom stereocenters. The second-order valence-corrected chi connectivity index (χ2v) is 8.71. The van der Waals surface area contributed by atoms with E-state index in [1.54, 1.807) is 35.3 Å². The average Bonchev–Trinajstić information content (AvgIpc) is 3.15. The first kappa shape index (κ1) is 19.6. The normalized spacial score (nSPS) is 11.2. The zero-order chi connectivity index (χ0) is 18.3. The molecule has 0 radical (unpaired) electrons. The number of thiophene rings is 1. The first-order valence-electron chi connectivity index (χ1n) is 7.28. The van der Waals surface area contributed by atoms with Crippen molar-refractivity contribution in [1.82, 2.24) is 4.72 Å². The van der Waals surface area contributed by atoms with Crippen molar-refractivity contribution < 1.29 is 22.7 Å². The van der Waals surface area contributed by atoms with E-state index in [1.165, 1.54) is 6.07 Å². The quantitative estimate of drug-likeness (QED) is 0.396. The molecule has 9 heteroatoms. The van der Waals surface area contributed by atoms with Crippen molar-refractivity contribution in [3.05, 3.63) is 47.3 Å². The van der Waals surface area contributed by atoms with Crippen molar-refractivity contribution in [3.8, 4) is 0 Å². The summed E-state index contributed by atoms with van der Waals surface area (Å²) in [4.78, 5) is 24.6. The Bertz CT molecular complexity index is 814. The van der Waals surface area contributed by atoms with E-state index in [4.69, 9.17) is 4.74 Å². The van der Waals surface area contributed by atoms with Crippen LogP contribution in [0.15, 0.2) is 50.9 Å². The fourth-order valence-electron chi connectivity index (χ4n) is 1.85. The molecule has 1 heterocycles. The molecular formula is C16H17NO5S3. The topological polar surface area (TPSA) is 89.5 Å². The van der Waals surface area contributed by atoms with Crippen LogP contribution in [-0.2, 0) is 19.6 Å². The third-order valence-corrected chi connectivity index (χ3v) is 6.76. The molecule has 0 saturated carbocycles. The summed E-state index contributed by atoms with van der Waals surface area (Å²) in [5, 5.41) is 1.65. The summed E-state index contributed by atoms with van der Waals surface area (Å²) in [6, 6.07) is 10.1. The van der Waals surface area contributed by atoms with E-state index in [2.05, 4.69) is 4.72 Å². The van der Waals surface area contributed by atoms with E-state index >= 15 is 0 Å². The number of ketones is 1.